The molecule has 3 aromatic rings. The number of aromatic amines is 1. The molecule has 9 atom stereocenters. The topological polar surface area (TPSA) is 242 Å². The summed E-state index contributed by atoms with van der Waals surface area (Å²) in [6.45, 7) is -5.07. The molecule has 3 aromatic heterocycles. The molecule has 0 radical (unpaired) electrons. The number of anilines is 1. The third kappa shape index (κ3) is 6.15. The molecular formula is C21H27N7O13P2S. The lowest BCUT2D eigenvalue weighted by molar-refractivity contribution is -0.207. The maximum Gasteiger partial charge on any atom is 0.502 e. The van der Waals surface area contributed by atoms with Crippen LogP contribution in [0.1, 0.15) is 18.9 Å². The Morgan fingerprint density at radius 3 is 2.61 bits per heavy atom. The molecule has 3 N–H and O–H groups in total. The third-order valence-electron chi connectivity index (χ3n) is 7.00. The van der Waals surface area contributed by atoms with Gasteiger partial charge in [0.25, 0.3) is 5.56 Å². The quantitative estimate of drug-likeness (QED) is 0.145. The van der Waals surface area contributed by atoms with Gasteiger partial charge in [-0.3, -0.25) is 37.0 Å². The van der Waals surface area contributed by atoms with E-state index in [1.807, 2.05) is 0 Å². The predicted molar refractivity (Wildman–Crippen MR) is 148 cm³/mol. The predicted octanol–water partition coefficient (Wildman–Crippen LogP) is 0.700. The number of nitrogens with two attached hydrogens (primary N) is 1. The average Bonchev–Trinajstić information content (AvgIpc) is 3.66. The summed E-state index contributed by atoms with van der Waals surface area (Å²) < 4.78 is 75.3. The number of hydrogen-bond acceptors (Lipinski definition) is 17. The molecule has 20 nitrogen and oxygen atoms in total. The molecule has 44 heavy (non-hydrogen) atoms. The van der Waals surface area contributed by atoms with Crippen LogP contribution in [0.3, 0.4) is 0 Å². The van der Waals surface area contributed by atoms with Crippen LogP contribution in [-0.4, -0.2) is 87.0 Å². The Kier molecular flexibility index (Phi) is 8.83. The minimum Gasteiger partial charge on any atom is -0.382 e. The molecule has 6 rings (SSSR count). The first-order valence-electron chi connectivity index (χ1n) is 12.9. The molecule has 0 aliphatic carbocycles. The summed E-state index contributed by atoms with van der Waals surface area (Å²) in [4.78, 5) is 43.3. The van der Waals surface area contributed by atoms with E-state index < -0.39 is 75.5 Å². The van der Waals surface area contributed by atoms with Gasteiger partial charge in [-0.1, -0.05) is 12.2 Å². The van der Waals surface area contributed by atoms with Crippen LogP contribution in [0.15, 0.2) is 34.5 Å². The molecule has 0 aromatic carbocycles. The highest BCUT2D eigenvalue weighted by Crippen LogP contribution is 2.59. The number of methoxy groups -OCH3 is 1. The van der Waals surface area contributed by atoms with Crippen molar-refractivity contribution in [3.63, 3.8) is 0 Å². The first-order chi connectivity index (χ1) is 21.0. The van der Waals surface area contributed by atoms with E-state index in [0.29, 0.717) is 11.2 Å². The highest BCUT2D eigenvalue weighted by molar-refractivity contribution is 8.44. The summed E-state index contributed by atoms with van der Waals surface area (Å²) in [5.74, 6) is 0.130. The summed E-state index contributed by atoms with van der Waals surface area (Å²) >= 11 is 4.15. The normalized spacial score (nSPS) is 36.4. The standard InChI is InChI=1S/C21H27N7O13P2S/c1-33-16-15-12(38-20(16)28-9-25-14-17(22)23-8-24-18(14)28)7-35-42(31,41-34-2)39-11-5-10(6-36-43(32,44)40-15)37-19(11)27-4-3-13(29)26-21(27)30/h3-4,8-12,15-16,19-20H,5-7H2,1-2H3,(H,32,44)(H2,22,23,24)(H,26,29,30)/t10-,11+,12+,15+,16+,19+,20+,42?,43?/m0/s1. The lowest BCUT2D eigenvalue weighted by atomic mass is 10.1. The van der Waals surface area contributed by atoms with E-state index in [2.05, 4.69) is 37.1 Å². The van der Waals surface area contributed by atoms with Crippen LogP contribution in [0.4, 0.5) is 5.82 Å². The summed E-state index contributed by atoms with van der Waals surface area (Å²) in [5, 5.41) is 0. The fraction of sp³-hybridized carbons (Fsp3) is 0.571. The zero-order valence-corrected chi connectivity index (χ0v) is 25.6. The lowest BCUT2D eigenvalue weighted by Gasteiger charge is -2.27. The molecule has 3 fully saturated rings. The summed E-state index contributed by atoms with van der Waals surface area (Å²) in [5.41, 5.74) is 5.06. The Bertz CT molecular complexity index is 1740. The molecule has 0 saturated carbocycles. The number of nitrogens with one attached hydrogen (secondary N) is 1. The van der Waals surface area contributed by atoms with Crippen molar-refractivity contribution in [3.8, 4) is 0 Å². The van der Waals surface area contributed by atoms with Crippen molar-refractivity contribution in [1.29, 1.82) is 0 Å². The second-order valence-corrected chi connectivity index (χ2v) is 14.1. The number of rotatable bonds is 5. The molecule has 2 unspecified atom stereocenters. The summed E-state index contributed by atoms with van der Waals surface area (Å²) in [6, 6.07) is 1.09. The Morgan fingerprint density at radius 2 is 1.86 bits per heavy atom. The van der Waals surface area contributed by atoms with Crippen molar-refractivity contribution < 1.29 is 51.0 Å². The van der Waals surface area contributed by atoms with Gasteiger partial charge in [0.05, 0.1) is 32.8 Å². The zero-order chi connectivity index (χ0) is 31.2. The van der Waals surface area contributed by atoms with E-state index in [1.165, 1.54) is 30.5 Å². The van der Waals surface area contributed by atoms with Crippen molar-refractivity contribution in [3.05, 3.63) is 45.8 Å². The van der Waals surface area contributed by atoms with Crippen molar-refractivity contribution in [2.75, 3.05) is 33.2 Å². The molecule has 0 spiro atoms. The molecule has 3 aliphatic heterocycles. The third-order valence-corrected chi connectivity index (χ3v) is 9.94. The number of H-pyrrole nitrogens is 1. The smallest absolute Gasteiger partial charge is 0.382 e. The Labute approximate surface area is 252 Å². The van der Waals surface area contributed by atoms with Gasteiger partial charge in [0.15, 0.2) is 23.9 Å². The van der Waals surface area contributed by atoms with Crippen LogP contribution in [0, 0.1) is 0 Å². The molecule has 23 heteroatoms. The number of ether oxygens (including phenoxy) is 3. The molecular weight excluding hydrogens is 652 g/mol. The van der Waals surface area contributed by atoms with Crippen LogP contribution in [0.25, 0.3) is 11.2 Å². The molecule has 3 aliphatic rings. The van der Waals surface area contributed by atoms with Crippen molar-refractivity contribution in [2.24, 2.45) is 0 Å². The number of phosphoric ester groups is 1. The number of aromatic nitrogens is 6. The fourth-order valence-corrected chi connectivity index (χ4v) is 7.82. The Hall–Kier alpha value is -2.52. The van der Waals surface area contributed by atoms with Gasteiger partial charge in [-0.25, -0.2) is 33.8 Å². The number of phosphoric acid groups is 1. The molecule has 3 saturated heterocycles. The van der Waals surface area contributed by atoms with Gasteiger partial charge in [0.2, 0.25) is 0 Å². The fourth-order valence-electron chi connectivity index (χ4n) is 5.14. The van der Waals surface area contributed by atoms with Crippen molar-refractivity contribution in [2.45, 2.75) is 49.4 Å². The van der Waals surface area contributed by atoms with E-state index in [0.717, 1.165) is 17.7 Å². The van der Waals surface area contributed by atoms with Gasteiger partial charge in [-0.15, -0.1) is 4.67 Å². The maximum absolute atomic E-state index is 13.8. The van der Waals surface area contributed by atoms with Gasteiger partial charge >= 0.3 is 20.3 Å². The zero-order valence-electron chi connectivity index (χ0n) is 22.9. The minimum absolute atomic E-state index is 0.0464. The Balaban J connectivity index is 1.34. The van der Waals surface area contributed by atoms with E-state index >= 15 is 0 Å². The molecule has 0 amide bonds. The number of nitrogens with zero attached hydrogens (tertiary/aromatic N) is 5. The molecule has 6 heterocycles. The monoisotopic (exact) mass is 679 g/mol. The van der Waals surface area contributed by atoms with Crippen molar-refractivity contribution >= 4 is 43.9 Å². The van der Waals surface area contributed by atoms with E-state index in [9.17, 15) is 18.7 Å². The maximum atomic E-state index is 13.8. The largest absolute Gasteiger partial charge is 0.502 e. The first-order valence-corrected chi connectivity index (χ1v) is 17.1. The second kappa shape index (κ2) is 12.3. The summed E-state index contributed by atoms with van der Waals surface area (Å²) in [6.07, 6.45) is -3.84. The van der Waals surface area contributed by atoms with Gasteiger partial charge in [-0.2, -0.15) is 0 Å². The van der Waals surface area contributed by atoms with Crippen molar-refractivity contribution in [1.82, 2.24) is 29.1 Å². The van der Waals surface area contributed by atoms with Gasteiger partial charge in [0.1, 0.15) is 36.3 Å². The highest BCUT2D eigenvalue weighted by Gasteiger charge is 2.52. The van der Waals surface area contributed by atoms with Gasteiger partial charge in [0, 0.05) is 25.8 Å². The average molecular weight is 679 g/mol. The highest BCUT2D eigenvalue weighted by atomic mass is 32.7. The first kappa shape index (κ1) is 31.5. The number of fused-ring (bicyclic) bond motifs is 4. The lowest BCUT2D eigenvalue weighted by Crippen LogP contribution is -2.37. The van der Waals surface area contributed by atoms with Crippen LogP contribution in [0.2, 0.25) is 0 Å². The minimum atomic E-state index is -4.59. The molecule has 2 bridgehead atoms. The van der Waals surface area contributed by atoms with Gasteiger partial charge in [-0.05, 0) is 0 Å². The van der Waals surface area contributed by atoms with E-state index in [-0.39, 0.29) is 18.8 Å². The second-order valence-electron chi connectivity index (χ2n) is 9.71. The number of hydrogen-bond donors (Lipinski definition) is 3. The van der Waals surface area contributed by atoms with Crippen LogP contribution >= 0.6 is 26.9 Å². The van der Waals surface area contributed by atoms with Crippen LogP contribution in [-0.2, 0) is 51.0 Å². The van der Waals surface area contributed by atoms with Gasteiger partial charge < -0.3 is 19.9 Å². The van der Waals surface area contributed by atoms with Crippen LogP contribution < -0.4 is 17.0 Å². The number of thiol groups is 1. The summed E-state index contributed by atoms with van der Waals surface area (Å²) in [7, 11) is -2.14. The Morgan fingerprint density at radius 1 is 1.05 bits per heavy atom. The number of nitrogen functional groups attached to an aromatic ring is 1. The van der Waals surface area contributed by atoms with E-state index in [4.69, 9.17) is 42.7 Å². The van der Waals surface area contributed by atoms with E-state index in [1.54, 1.807) is 0 Å². The SMILES string of the molecule is COOP1(=O)OC[C@H]2O[C@@H](n3cnc4c(N)ncnc43)[C@H](OC)[C@@H]2OP(=O)(S)OC[C@@H]2C[C@@H](O1)[C@H](n1ccc(=O)[nH]c1=O)O2. The molecule has 240 valence electrons. The van der Waals surface area contributed by atoms with Crippen LogP contribution in [0.5, 0.6) is 0 Å². The number of imidazole rings is 1.